The van der Waals surface area contributed by atoms with Gasteiger partial charge in [0.25, 0.3) is 0 Å². The Hall–Kier alpha value is -1.30. The molecule has 0 fully saturated rings. The minimum absolute atomic E-state index is 0.101. The van der Waals surface area contributed by atoms with Gasteiger partial charge >= 0.3 is 6.03 Å². The van der Waals surface area contributed by atoms with Crippen LogP contribution in [0.2, 0.25) is 0 Å². The van der Waals surface area contributed by atoms with Gasteiger partial charge in [-0.2, -0.15) is 0 Å². The fourth-order valence-electron chi connectivity index (χ4n) is 0.908. The maximum Gasteiger partial charge on any atom is 0.324 e. The number of alkyl halides is 1. The molecular weight excluding hydrogens is 246 g/mol. The Morgan fingerprint density at radius 3 is 2.41 bits per heavy atom. The largest absolute Gasteiger partial charge is 0.355 e. The van der Waals surface area contributed by atoms with E-state index in [1.165, 1.54) is 14.0 Å². The van der Waals surface area contributed by atoms with E-state index in [1.54, 1.807) is 0 Å². The van der Waals surface area contributed by atoms with E-state index in [0.29, 0.717) is 6.54 Å². The molecule has 2 N–H and O–H groups in total. The average Bonchev–Trinajstić information content (AvgIpc) is 2.25. The second-order valence-electron chi connectivity index (χ2n) is 3.62. The molecule has 1 unspecified atom stereocenters. The Morgan fingerprint density at radius 1 is 1.35 bits per heavy atom. The molecule has 0 spiro atoms. The van der Waals surface area contributed by atoms with Gasteiger partial charge in [0.05, 0.1) is 0 Å². The van der Waals surface area contributed by atoms with Crippen LogP contribution in [0.5, 0.6) is 0 Å². The van der Waals surface area contributed by atoms with Crippen molar-refractivity contribution in [1.29, 1.82) is 0 Å². The first-order valence-electron chi connectivity index (χ1n) is 5.35. The number of amides is 4. The van der Waals surface area contributed by atoms with E-state index in [2.05, 4.69) is 10.6 Å². The highest BCUT2D eigenvalue weighted by Gasteiger charge is 2.17. The summed E-state index contributed by atoms with van der Waals surface area (Å²) in [7, 11) is 1.42. The maximum atomic E-state index is 11.4. The minimum Gasteiger partial charge on any atom is -0.355 e. The molecule has 0 radical (unpaired) electrons. The van der Waals surface area contributed by atoms with Gasteiger partial charge in [-0.25, -0.2) is 4.79 Å². The van der Waals surface area contributed by atoms with Crippen molar-refractivity contribution < 1.29 is 14.4 Å². The maximum absolute atomic E-state index is 11.4. The number of halogens is 1. The standard InChI is InChI=1S/C10H18ClN3O3/c1-4-5-12-8(15)6-14(3)10(17)13-9(16)7(2)11/h7H,4-6H2,1-3H3,(H,12,15)(H,13,16,17). The number of nitrogens with one attached hydrogen (secondary N) is 2. The number of nitrogens with zero attached hydrogens (tertiary/aromatic N) is 1. The molecule has 0 saturated heterocycles. The Morgan fingerprint density at radius 2 is 1.94 bits per heavy atom. The Kier molecular flexibility index (Phi) is 7.29. The van der Waals surface area contributed by atoms with Crippen LogP contribution < -0.4 is 10.6 Å². The van der Waals surface area contributed by atoms with Crippen LogP contribution in [0.15, 0.2) is 0 Å². The van der Waals surface area contributed by atoms with Crippen molar-refractivity contribution in [2.75, 3.05) is 20.1 Å². The summed E-state index contributed by atoms with van der Waals surface area (Å²) in [4.78, 5) is 35.0. The van der Waals surface area contributed by atoms with E-state index in [-0.39, 0.29) is 12.5 Å². The third kappa shape index (κ3) is 6.78. The molecule has 0 bridgehead atoms. The lowest BCUT2D eigenvalue weighted by atomic mass is 10.4. The number of hydrogen-bond acceptors (Lipinski definition) is 3. The summed E-state index contributed by atoms with van der Waals surface area (Å²) in [5, 5.41) is 3.91. The molecule has 0 rings (SSSR count). The van der Waals surface area contributed by atoms with Crippen LogP contribution in [-0.2, 0) is 9.59 Å². The summed E-state index contributed by atoms with van der Waals surface area (Å²) in [5.74, 6) is -0.853. The Balaban J connectivity index is 4.05. The molecule has 17 heavy (non-hydrogen) atoms. The quantitative estimate of drug-likeness (QED) is 0.701. The molecule has 0 heterocycles. The Bertz CT molecular complexity index is 295. The zero-order valence-electron chi connectivity index (χ0n) is 10.2. The van der Waals surface area contributed by atoms with E-state index in [9.17, 15) is 14.4 Å². The van der Waals surface area contributed by atoms with E-state index in [0.717, 1.165) is 11.3 Å². The summed E-state index contributed by atoms with van der Waals surface area (Å²) in [6.07, 6.45) is 0.823. The lowest BCUT2D eigenvalue weighted by Gasteiger charge is -2.17. The van der Waals surface area contributed by atoms with Crippen molar-refractivity contribution in [1.82, 2.24) is 15.5 Å². The van der Waals surface area contributed by atoms with Crippen LogP contribution in [0.25, 0.3) is 0 Å². The monoisotopic (exact) mass is 263 g/mol. The van der Waals surface area contributed by atoms with Crippen LogP contribution in [-0.4, -0.2) is 48.3 Å². The molecule has 0 aliphatic rings. The van der Waals surface area contributed by atoms with Gasteiger partial charge in [0.15, 0.2) is 0 Å². The van der Waals surface area contributed by atoms with Crippen LogP contribution in [0, 0.1) is 0 Å². The Labute approximate surface area is 106 Å². The average molecular weight is 264 g/mol. The molecule has 7 heteroatoms. The predicted molar refractivity (Wildman–Crippen MR) is 64.8 cm³/mol. The van der Waals surface area contributed by atoms with Crippen LogP contribution in [0.1, 0.15) is 20.3 Å². The van der Waals surface area contributed by atoms with Gasteiger partial charge in [-0.15, -0.1) is 11.6 Å². The zero-order chi connectivity index (χ0) is 13.4. The van der Waals surface area contributed by atoms with Gasteiger partial charge in [0.2, 0.25) is 11.8 Å². The molecule has 0 aliphatic carbocycles. The van der Waals surface area contributed by atoms with Crippen molar-refractivity contribution in [3.8, 4) is 0 Å². The van der Waals surface area contributed by atoms with E-state index in [4.69, 9.17) is 11.6 Å². The molecule has 0 aliphatic heterocycles. The van der Waals surface area contributed by atoms with Crippen LogP contribution >= 0.6 is 11.6 Å². The SMILES string of the molecule is CCCNC(=O)CN(C)C(=O)NC(=O)C(C)Cl. The zero-order valence-corrected chi connectivity index (χ0v) is 11.0. The van der Waals surface area contributed by atoms with Crippen LogP contribution in [0.3, 0.4) is 0 Å². The first-order valence-corrected chi connectivity index (χ1v) is 5.78. The number of rotatable bonds is 5. The summed E-state index contributed by atoms with van der Waals surface area (Å²) in [5.41, 5.74) is 0. The fraction of sp³-hybridized carbons (Fsp3) is 0.700. The minimum atomic E-state index is -0.790. The number of carbonyl (C=O) groups is 3. The summed E-state index contributed by atoms with van der Waals surface area (Å²) in [6, 6.07) is -0.644. The lowest BCUT2D eigenvalue weighted by molar-refractivity contribution is -0.122. The predicted octanol–water partition coefficient (Wildman–Crippen LogP) is 0.308. The molecule has 1 atom stereocenters. The van der Waals surface area contributed by atoms with E-state index in [1.807, 2.05) is 6.92 Å². The van der Waals surface area contributed by atoms with Crippen molar-refractivity contribution in [2.24, 2.45) is 0 Å². The molecule has 0 aromatic rings. The summed E-state index contributed by atoms with van der Waals surface area (Å²) < 4.78 is 0. The van der Waals surface area contributed by atoms with E-state index >= 15 is 0 Å². The number of urea groups is 1. The molecule has 98 valence electrons. The fourth-order valence-corrected chi connectivity index (χ4v) is 0.962. The summed E-state index contributed by atoms with van der Waals surface area (Å²) >= 11 is 5.49. The highest BCUT2D eigenvalue weighted by atomic mass is 35.5. The molecule has 0 saturated carbocycles. The number of carbonyl (C=O) groups excluding carboxylic acids is 3. The first-order chi connectivity index (χ1) is 7.88. The first kappa shape index (κ1) is 15.7. The van der Waals surface area contributed by atoms with Crippen molar-refractivity contribution >= 4 is 29.4 Å². The normalized spacial score (nSPS) is 11.5. The third-order valence-corrected chi connectivity index (χ3v) is 2.09. The smallest absolute Gasteiger partial charge is 0.324 e. The summed E-state index contributed by atoms with van der Waals surface area (Å²) in [6.45, 7) is 3.84. The van der Waals surface area contributed by atoms with Gasteiger partial charge in [0.1, 0.15) is 11.9 Å². The second kappa shape index (κ2) is 7.89. The van der Waals surface area contributed by atoms with Gasteiger partial charge in [-0.1, -0.05) is 6.92 Å². The number of likely N-dealkylation sites (N-methyl/N-ethyl adjacent to an activating group) is 1. The van der Waals surface area contributed by atoms with Crippen molar-refractivity contribution in [3.05, 3.63) is 0 Å². The molecule has 6 nitrogen and oxygen atoms in total. The molecular formula is C10H18ClN3O3. The second-order valence-corrected chi connectivity index (χ2v) is 4.27. The van der Waals surface area contributed by atoms with Gasteiger partial charge in [0, 0.05) is 13.6 Å². The van der Waals surface area contributed by atoms with Crippen molar-refractivity contribution in [3.63, 3.8) is 0 Å². The third-order valence-electron chi connectivity index (χ3n) is 1.89. The van der Waals surface area contributed by atoms with Crippen molar-refractivity contribution in [2.45, 2.75) is 25.6 Å². The number of imide groups is 1. The molecule has 0 aromatic carbocycles. The topological polar surface area (TPSA) is 78.5 Å². The lowest BCUT2D eigenvalue weighted by Crippen LogP contribution is -2.46. The van der Waals surface area contributed by atoms with Gasteiger partial charge in [-0.05, 0) is 13.3 Å². The van der Waals surface area contributed by atoms with Gasteiger partial charge < -0.3 is 10.2 Å². The van der Waals surface area contributed by atoms with Gasteiger partial charge in [-0.3, -0.25) is 14.9 Å². The highest BCUT2D eigenvalue weighted by molar-refractivity contribution is 6.31. The molecule has 4 amide bonds. The molecule has 0 aromatic heterocycles. The van der Waals surface area contributed by atoms with E-state index < -0.39 is 17.3 Å². The van der Waals surface area contributed by atoms with Crippen LogP contribution in [0.4, 0.5) is 4.79 Å². The number of hydrogen-bond donors (Lipinski definition) is 2. The highest BCUT2D eigenvalue weighted by Crippen LogP contribution is 1.93.